The van der Waals surface area contributed by atoms with Crippen molar-refractivity contribution in [3.05, 3.63) is 75.0 Å². The van der Waals surface area contributed by atoms with Crippen molar-refractivity contribution in [2.24, 2.45) is 0 Å². The van der Waals surface area contributed by atoms with E-state index in [4.69, 9.17) is 18.6 Å². The molecule has 0 saturated heterocycles. The Morgan fingerprint density at radius 3 is 2.42 bits per heavy atom. The standard InChI is InChI=1S/C27H25NO7S/c1-5-33-18-8-6-17(7-9-18)24-16(3)36-26(25(24)27(31)32-4)28-22(29)14-34-19-10-11-20-15(2)12-23(30)35-21(20)13-19/h6-13H,5,14H2,1-4H3,(H,28,29). The molecule has 0 spiro atoms. The quantitative estimate of drug-likeness (QED) is 0.254. The molecule has 9 heteroatoms. The number of fused-ring (bicyclic) bond motifs is 1. The molecular formula is C27H25NO7S. The molecule has 0 aliphatic carbocycles. The van der Waals surface area contributed by atoms with Crippen LogP contribution in [0.25, 0.3) is 22.1 Å². The van der Waals surface area contributed by atoms with E-state index >= 15 is 0 Å². The number of thiophene rings is 1. The van der Waals surface area contributed by atoms with E-state index in [1.165, 1.54) is 24.5 Å². The van der Waals surface area contributed by atoms with Gasteiger partial charge in [0.05, 0.1) is 13.7 Å². The number of rotatable bonds is 8. The van der Waals surface area contributed by atoms with E-state index in [1.54, 1.807) is 18.2 Å². The highest BCUT2D eigenvalue weighted by Crippen LogP contribution is 2.40. The minimum Gasteiger partial charge on any atom is -0.494 e. The van der Waals surface area contributed by atoms with Crippen LogP contribution in [0.3, 0.4) is 0 Å². The van der Waals surface area contributed by atoms with Crippen LogP contribution in [0.2, 0.25) is 0 Å². The van der Waals surface area contributed by atoms with Crippen molar-refractivity contribution in [1.82, 2.24) is 0 Å². The fourth-order valence-electron chi connectivity index (χ4n) is 3.87. The van der Waals surface area contributed by atoms with E-state index in [1.807, 2.05) is 45.0 Å². The zero-order chi connectivity index (χ0) is 25.8. The van der Waals surface area contributed by atoms with Crippen LogP contribution in [0, 0.1) is 13.8 Å². The van der Waals surface area contributed by atoms with Crippen LogP contribution in [-0.2, 0) is 9.53 Å². The molecule has 0 fully saturated rings. The van der Waals surface area contributed by atoms with Crippen LogP contribution < -0.4 is 20.4 Å². The fraction of sp³-hybridized carbons (Fsp3) is 0.222. The highest BCUT2D eigenvalue weighted by Gasteiger charge is 2.25. The molecule has 1 amide bonds. The first-order chi connectivity index (χ1) is 17.3. The Morgan fingerprint density at radius 1 is 1.00 bits per heavy atom. The molecule has 2 aromatic heterocycles. The highest BCUT2D eigenvalue weighted by atomic mass is 32.1. The first-order valence-corrected chi connectivity index (χ1v) is 12.0. The second-order valence-electron chi connectivity index (χ2n) is 7.93. The fourth-order valence-corrected chi connectivity index (χ4v) is 4.95. The van der Waals surface area contributed by atoms with Crippen molar-refractivity contribution < 1.29 is 28.2 Å². The number of methoxy groups -OCH3 is 1. The van der Waals surface area contributed by atoms with Gasteiger partial charge < -0.3 is 23.9 Å². The molecule has 8 nitrogen and oxygen atoms in total. The first kappa shape index (κ1) is 25.0. The molecule has 0 radical (unpaired) electrons. The van der Waals surface area contributed by atoms with Gasteiger partial charge in [-0.2, -0.15) is 0 Å². The molecule has 0 saturated carbocycles. The number of benzene rings is 2. The lowest BCUT2D eigenvalue weighted by atomic mass is 10.0. The Labute approximate surface area is 211 Å². The Hall–Kier alpha value is -4.11. The SMILES string of the molecule is CCOc1ccc(-c2c(C)sc(NC(=O)COc3ccc4c(C)cc(=O)oc4c3)c2C(=O)OC)cc1. The molecule has 0 aliphatic rings. The maximum absolute atomic E-state index is 12.7. The summed E-state index contributed by atoms with van der Waals surface area (Å²) in [6.07, 6.45) is 0. The summed E-state index contributed by atoms with van der Waals surface area (Å²) in [7, 11) is 1.30. The predicted octanol–water partition coefficient (Wildman–Crippen LogP) is 5.34. The number of carbonyl (C=O) groups is 2. The summed E-state index contributed by atoms with van der Waals surface area (Å²) in [6, 6.07) is 13.8. The van der Waals surface area contributed by atoms with Gasteiger partial charge in [0.1, 0.15) is 27.6 Å². The number of hydrogen-bond acceptors (Lipinski definition) is 8. The molecule has 0 unspecified atom stereocenters. The van der Waals surface area contributed by atoms with Crippen LogP contribution in [0.4, 0.5) is 5.00 Å². The van der Waals surface area contributed by atoms with E-state index in [0.29, 0.717) is 28.5 Å². The number of carbonyl (C=O) groups excluding carboxylic acids is 2. The lowest BCUT2D eigenvalue weighted by molar-refractivity contribution is -0.118. The third-order valence-corrected chi connectivity index (χ3v) is 6.49. The van der Waals surface area contributed by atoms with Crippen LogP contribution in [0.5, 0.6) is 11.5 Å². The molecule has 0 aliphatic heterocycles. The van der Waals surface area contributed by atoms with Gasteiger partial charge in [-0.25, -0.2) is 9.59 Å². The van der Waals surface area contributed by atoms with Gasteiger partial charge >= 0.3 is 11.6 Å². The zero-order valence-electron chi connectivity index (χ0n) is 20.3. The number of esters is 1. The third kappa shape index (κ3) is 5.26. The van der Waals surface area contributed by atoms with Crippen LogP contribution >= 0.6 is 11.3 Å². The minimum atomic E-state index is -0.556. The normalized spacial score (nSPS) is 10.8. The van der Waals surface area contributed by atoms with Crippen molar-refractivity contribution in [3.8, 4) is 22.6 Å². The van der Waals surface area contributed by atoms with E-state index in [-0.39, 0.29) is 12.2 Å². The first-order valence-electron chi connectivity index (χ1n) is 11.2. The highest BCUT2D eigenvalue weighted by molar-refractivity contribution is 7.17. The largest absolute Gasteiger partial charge is 0.494 e. The monoisotopic (exact) mass is 507 g/mol. The Kier molecular flexibility index (Phi) is 7.40. The average Bonchev–Trinajstić information content (AvgIpc) is 3.17. The van der Waals surface area contributed by atoms with E-state index in [0.717, 1.165) is 27.1 Å². The van der Waals surface area contributed by atoms with Gasteiger partial charge in [0.2, 0.25) is 0 Å². The number of anilines is 1. The predicted molar refractivity (Wildman–Crippen MR) is 138 cm³/mol. The van der Waals surface area contributed by atoms with Gasteiger partial charge in [-0.1, -0.05) is 12.1 Å². The summed E-state index contributed by atoms with van der Waals surface area (Å²) in [4.78, 5) is 37.9. The van der Waals surface area contributed by atoms with E-state index in [2.05, 4.69) is 5.32 Å². The Bertz CT molecular complexity index is 1480. The molecule has 1 N–H and O–H groups in total. The minimum absolute atomic E-state index is 0.278. The maximum atomic E-state index is 12.7. The number of hydrogen-bond donors (Lipinski definition) is 1. The maximum Gasteiger partial charge on any atom is 0.341 e. The molecule has 186 valence electrons. The second kappa shape index (κ2) is 10.7. The van der Waals surface area contributed by atoms with E-state index < -0.39 is 17.5 Å². The molecular weight excluding hydrogens is 482 g/mol. The Morgan fingerprint density at radius 2 is 1.72 bits per heavy atom. The molecule has 0 atom stereocenters. The van der Waals surface area contributed by atoms with Crippen LogP contribution in [0.1, 0.15) is 27.7 Å². The van der Waals surface area contributed by atoms with Gasteiger partial charge in [-0.05, 0) is 56.2 Å². The second-order valence-corrected chi connectivity index (χ2v) is 9.15. The summed E-state index contributed by atoms with van der Waals surface area (Å²) in [6.45, 7) is 5.84. The summed E-state index contributed by atoms with van der Waals surface area (Å²) in [5.74, 6) is 0.0874. The van der Waals surface area contributed by atoms with Crippen molar-refractivity contribution in [2.45, 2.75) is 20.8 Å². The number of amides is 1. The average molecular weight is 508 g/mol. The summed E-state index contributed by atoms with van der Waals surface area (Å²) in [5, 5.41) is 3.92. The van der Waals surface area contributed by atoms with Crippen LogP contribution in [-0.4, -0.2) is 32.2 Å². The van der Waals surface area contributed by atoms with Crippen LogP contribution in [0.15, 0.2) is 57.7 Å². The van der Waals surface area contributed by atoms with Crippen molar-refractivity contribution in [1.29, 1.82) is 0 Å². The topological polar surface area (TPSA) is 104 Å². The molecule has 4 aromatic rings. The molecule has 2 heterocycles. The van der Waals surface area contributed by atoms with Gasteiger partial charge in [-0.15, -0.1) is 11.3 Å². The zero-order valence-corrected chi connectivity index (χ0v) is 21.1. The van der Waals surface area contributed by atoms with Crippen molar-refractivity contribution in [2.75, 3.05) is 25.6 Å². The molecule has 2 aromatic carbocycles. The third-order valence-electron chi connectivity index (χ3n) is 5.47. The van der Waals surface area contributed by atoms with Gasteiger partial charge in [-0.3, -0.25) is 4.79 Å². The van der Waals surface area contributed by atoms with Gasteiger partial charge in [0.15, 0.2) is 6.61 Å². The van der Waals surface area contributed by atoms with E-state index in [9.17, 15) is 14.4 Å². The summed E-state index contributed by atoms with van der Waals surface area (Å²) in [5.41, 5.74) is 2.47. The number of ether oxygens (including phenoxy) is 3. The lowest BCUT2D eigenvalue weighted by Gasteiger charge is -2.10. The molecule has 0 bridgehead atoms. The van der Waals surface area contributed by atoms with Gasteiger partial charge in [0, 0.05) is 28.0 Å². The molecule has 4 rings (SSSR count). The number of nitrogens with one attached hydrogen (secondary N) is 1. The van der Waals surface area contributed by atoms with Crippen molar-refractivity contribution >= 4 is 39.2 Å². The smallest absolute Gasteiger partial charge is 0.341 e. The van der Waals surface area contributed by atoms with Crippen molar-refractivity contribution in [3.63, 3.8) is 0 Å². The lowest BCUT2D eigenvalue weighted by Crippen LogP contribution is -2.21. The number of aryl methyl sites for hydroxylation is 2. The van der Waals surface area contributed by atoms with Gasteiger partial charge in [0.25, 0.3) is 5.91 Å². The summed E-state index contributed by atoms with van der Waals surface area (Å²) < 4.78 is 21.3. The molecule has 36 heavy (non-hydrogen) atoms. The Balaban J connectivity index is 1.54. The summed E-state index contributed by atoms with van der Waals surface area (Å²) >= 11 is 1.28.